The van der Waals surface area contributed by atoms with Crippen LogP contribution in [0.5, 0.6) is 0 Å². The van der Waals surface area contributed by atoms with E-state index in [1.165, 1.54) is 0 Å². The number of nitrogens with one attached hydrogen (secondary N) is 1. The molecule has 0 atom stereocenters. The first kappa shape index (κ1) is 13.0. The number of nitriles is 1. The summed E-state index contributed by atoms with van der Waals surface area (Å²) in [7, 11) is 0. The summed E-state index contributed by atoms with van der Waals surface area (Å²) in [6.45, 7) is 7.32. The molecule has 1 aromatic carbocycles. The number of anilines is 1. The molecule has 0 bridgehead atoms. The maximum atomic E-state index is 8.91. The van der Waals surface area contributed by atoms with Crippen LogP contribution < -0.4 is 5.32 Å². The van der Waals surface area contributed by atoms with Crippen LogP contribution in [0.3, 0.4) is 0 Å². The monoisotopic (exact) mass is 259 g/mol. The summed E-state index contributed by atoms with van der Waals surface area (Å²) in [6.07, 6.45) is 0. The van der Waals surface area contributed by atoms with E-state index in [0.717, 1.165) is 28.7 Å². The Labute approximate surface area is 112 Å². The molecule has 3 nitrogen and oxygen atoms in total. The summed E-state index contributed by atoms with van der Waals surface area (Å²) < 4.78 is 0. The van der Waals surface area contributed by atoms with E-state index in [0.29, 0.717) is 5.56 Å². The molecule has 0 saturated carbocycles. The number of thioether (sulfide) groups is 1. The Kier molecular flexibility index (Phi) is 3.63. The van der Waals surface area contributed by atoms with Gasteiger partial charge in [0.25, 0.3) is 0 Å². The van der Waals surface area contributed by atoms with E-state index in [9.17, 15) is 0 Å². The second-order valence-corrected chi connectivity index (χ2v) is 6.30. The lowest BCUT2D eigenvalue weighted by Gasteiger charge is -2.27. The first-order valence-electron chi connectivity index (χ1n) is 5.95. The van der Waals surface area contributed by atoms with Crippen LogP contribution in [0.4, 0.5) is 5.69 Å². The SMILES string of the molecule is Cc1ccc(C#N)cc1NC1=NCC(C)(C)CS1. The summed E-state index contributed by atoms with van der Waals surface area (Å²) in [6, 6.07) is 7.82. The highest BCUT2D eigenvalue weighted by atomic mass is 32.2. The van der Waals surface area contributed by atoms with Crippen molar-refractivity contribution in [3.05, 3.63) is 29.3 Å². The van der Waals surface area contributed by atoms with Gasteiger partial charge in [0.1, 0.15) is 0 Å². The highest BCUT2D eigenvalue weighted by Crippen LogP contribution is 2.29. The quantitative estimate of drug-likeness (QED) is 0.840. The molecular formula is C14H17N3S. The minimum absolute atomic E-state index is 0.277. The van der Waals surface area contributed by atoms with Crippen LogP contribution in [0.15, 0.2) is 23.2 Å². The molecule has 0 aromatic heterocycles. The first-order chi connectivity index (χ1) is 8.50. The van der Waals surface area contributed by atoms with Gasteiger partial charge in [-0.3, -0.25) is 4.99 Å². The number of benzene rings is 1. The van der Waals surface area contributed by atoms with Crippen LogP contribution in [0.1, 0.15) is 25.0 Å². The highest BCUT2D eigenvalue weighted by Gasteiger charge is 2.23. The standard InChI is InChI=1S/C14H17N3S/c1-10-4-5-11(7-15)6-12(10)17-13-16-8-14(2,3)9-18-13/h4-6H,8-9H2,1-3H3,(H,16,17). The summed E-state index contributed by atoms with van der Waals surface area (Å²) in [5, 5.41) is 13.2. The van der Waals surface area contributed by atoms with Gasteiger partial charge in [-0.2, -0.15) is 5.26 Å². The van der Waals surface area contributed by atoms with Gasteiger partial charge in [0.15, 0.2) is 5.17 Å². The Bertz CT molecular complexity index is 526. The molecule has 0 amide bonds. The summed E-state index contributed by atoms with van der Waals surface area (Å²) in [5.74, 6) is 1.07. The van der Waals surface area contributed by atoms with Crippen LogP contribution in [-0.4, -0.2) is 17.5 Å². The number of rotatable bonds is 1. The lowest BCUT2D eigenvalue weighted by Crippen LogP contribution is -2.27. The molecule has 1 aromatic rings. The highest BCUT2D eigenvalue weighted by molar-refractivity contribution is 8.14. The predicted molar refractivity (Wildman–Crippen MR) is 78.1 cm³/mol. The van der Waals surface area contributed by atoms with Crippen molar-refractivity contribution >= 4 is 22.6 Å². The molecule has 2 rings (SSSR count). The van der Waals surface area contributed by atoms with E-state index in [1.54, 1.807) is 11.8 Å². The molecule has 0 aliphatic carbocycles. The topological polar surface area (TPSA) is 48.2 Å². The number of aliphatic imine (C=N–C) groups is 1. The second kappa shape index (κ2) is 5.03. The van der Waals surface area contributed by atoms with Gasteiger partial charge in [-0.1, -0.05) is 31.7 Å². The van der Waals surface area contributed by atoms with Gasteiger partial charge < -0.3 is 5.32 Å². The molecule has 4 heteroatoms. The van der Waals surface area contributed by atoms with Gasteiger partial charge in [0, 0.05) is 18.0 Å². The lowest BCUT2D eigenvalue weighted by atomic mass is 9.97. The largest absolute Gasteiger partial charge is 0.335 e. The summed E-state index contributed by atoms with van der Waals surface area (Å²) in [4.78, 5) is 4.56. The Morgan fingerprint density at radius 3 is 2.83 bits per heavy atom. The van der Waals surface area contributed by atoms with Gasteiger partial charge in [0.2, 0.25) is 0 Å². The number of amidine groups is 1. The fourth-order valence-electron chi connectivity index (χ4n) is 1.66. The van der Waals surface area contributed by atoms with Crippen LogP contribution in [-0.2, 0) is 0 Å². The van der Waals surface area contributed by atoms with Crippen molar-refractivity contribution in [2.75, 3.05) is 17.6 Å². The molecule has 1 heterocycles. The fourth-order valence-corrected chi connectivity index (χ4v) is 2.61. The molecule has 0 saturated heterocycles. The Morgan fingerprint density at radius 2 is 2.22 bits per heavy atom. The molecule has 18 heavy (non-hydrogen) atoms. The molecule has 0 spiro atoms. The third-order valence-electron chi connectivity index (χ3n) is 2.86. The van der Waals surface area contributed by atoms with Crippen molar-refractivity contribution in [3.8, 4) is 6.07 Å². The lowest BCUT2D eigenvalue weighted by molar-refractivity contribution is 0.438. The minimum atomic E-state index is 0.277. The number of aryl methyl sites for hydroxylation is 1. The van der Waals surface area contributed by atoms with Crippen molar-refractivity contribution in [3.63, 3.8) is 0 Å². The van der Waals surface area contributed by atoms with E-state index in [1.807, 2.05) is 25.1 Å². The molecule has 1 aliphatic rings. The minimum Gasteiger partial charge on any atom is -0.335 e. The van der Waals surface area contributed by atoms with Crippen molar-refractivity contribution in [2.45, 2.75) is 20.8 Å². The molecule has 1 N–H and O–H groups in total. The average molecular weight is 259 g/mol. The van der Waals surface area contributed by atoms with Gasteiger partial charge >= 0.3 is 0 Å². The third-order valence-corrected chi connectivity index (χ3v) is 4.29. The normalized spacial score (nSPS) is 17.8. The predicted octanol–water partition coefficient (Wildman–Crippen LogP) is 3.41. The molecule has 0 fully saturated rings. The molecular weight excluding hydrogens is 242 g/mol. The molecule has 0 radical (unpaired) electrons. The Morgan fingerprint density at radius 1 is 1.44 bits per heavy atom. The van der Waals surface area contributed by atoms with Crippen molar-refractivity contribution < 1.29 is 0 Å². The van der Waals surface area contributed by atoms with Gasteiger partial charge in [-0.25, -0.2) is 0 Å². The van der Waals surface area contributed by atoms with Crippen LogP contribution >= 0.6 is 11.8 Å². The zero-order valence-electron chi connectivity index (χ0n) is 10.9. The van der Waals surface area contributed by atoms with E-state index in [-0.39, 0.29) is 5.41 Å². The van der Waals surface area contributed by atoms with Gasteiger partial charge in [0.05, 0.1) is 11.6 Å². The molecule has 0 unspecified atom stereocenters. The summed E-state index contributed by atoms with van der Waals surface area (Å²) in [5.41, 5.74) is 3.05. The smallest absolute Gasteiger partial charge is 0.161 e. The van der Waals surface area contributed by atoms with Crippen molar-refractivity contribution in [1.82, 2.24) is 0 Å². The number of hydrogen-bond donors (Lipinski definition) is 1. The maximum Gasteiger partial charge on any atom is 0.161 e. The van der Waals surface area contributed by atoms with Gasteiger partial charge in [-0.15, -0.1) is 0 Å². The first-order valence-corrected chi connectivity index (χ1v) is 6.94. The molecule has 1 aliphatic heterocycles. The third kappa shape index (κ3) is 3.05. The maximum absolute atomic E-state index is 8.91. The second-order valence-electron chi connectivity index (χ2n) is 5.34. The number of hydrogen-bond acceptors (Lipinski definition) is 4. The fraction of sp³-hybridized carbons (Fsp3) is 0.429. The Balaban J connectivity index is 2.16. The van der Waals surface area contributed by atoms with E-state index in [4.69, 9.17) is 5.26 Å². The van der Waals surface area contributed by atoms with Crippen LogP contribution in [0.25, 0.3) is 0 Å². The van der Waals surface area contributed by atoms with Crippen molar-refractivity contribution in [1.29, 1.82) is 5.26 Å². The van der Waals surface area contributed by atoms with Crippen LogP contribution in [0.2, 0.25) is 0 Å². The molecule has 94 valence electrons. The Hall–Kier alpha value is -1.47. The zero-order chi connectivity index (χ0) is 13.2. The van der Waals surface area contributed by atoms with E-state index in [2.05, 4.69) is 30.2 Å². The van der Waals surface area contributed by atoms with Crippen molar-refractivity contribution in [2.24, 2.45) is 10.4 Å². The zero-order valence-corrected chi connectivity index (χ0v) is 11.8. The summed E-state index contributed by atoms with van der Waals surface area (Å²) >= 11 is 1.74. The average Bonchev–Trinajstić information content (AvgIpc) is 2.34. The van der Waals surface area contributed by atoms with E-state index >= 15 is 0 Å². The number of nitrogens with zero attached hydrogens (tertiary/aromatic N) is 2. The van der Waals surface area contributed by atoms with Gasteiger partial charge in [-0.05, 0) is 30.0 Å². The van der Waals surface area contributed by atoms with E-state index < -0.39 is 0 Å². The van der Waals surface area contributed by atoms with Crippen LogP contribution in [0, 0.1) is 23.7 Å².